The van der Waals surface area contributed by atoms with E-state index in [-0.39, 0.29) is 17.6 Å². The summed E-state index contributed by atoms with van der Waals surface area (Å²) >= 11 is 0. The first-order valence-electron chi connectivity index (χ1n) is 6.98. The Hall–Kier alpha value is -2.63. The minimum absolute atomic E-state index is 0.216. The highest BCUT2D eigenvalue weighted by molar-refractivity contribution is 6.42. The van der Waals surface area contributed by atoms with Crippen LogP contribution in [-0.2, 0) is 20.9 Å². The zero-order chi connectivity index (χ0) is 16.0. The molecule has 2 aromatic rings. The number of aryl methyl sites for hydroxylation is 1. The van der Waals surface area contributed by atoms with Gasteiger partial charge >= 0.3 is 11.9 Å². The molecule has 0 fully saturated rings. The van der Waals surface area contributed by atoms with Crippen LogP contribution in [0.25, 0.3) is 10.9 Å². The number of aliphatic carboxylic acids is 1. The van der Waals surface area contributed by atoms with Crippen LogP contribution in [0.4, 0.5) is 0 Å². The van der Waals surface area contributed by atoms with Gasteiger partial charge in [-0.05, 0) is 6.92 Å². The van der Waals surface area contributed by atoms with Gasteiger partial charge in [0.2, 0.25) is 0 Å². The van der Waals surface area contributed by atoms with Crippen molar-refractivity contribution in [1.82, 2.24) is 4.57 Å². The van der Waals surface area contributed by atoms with Crippen molar-refractivity contribution in [3.63, 3.8) is 0 Å². The normalized spacial score (nSPS) is 16.5. The summed E-state index contributed by atoms with van der Waals surface area (Å²) in [7, 11) is 0. The van der Waals surface area contributed by atoms with Crippen LogP contribution in [-0.4, -0.2) is 27.4 Å². The van der Waals surface area contributed by atoms with E-state index in [0.29, 0.717) is 24.0 Å². The molecule has 3 rings (SSSR count). The molecule has 1 aromatic carbocycles. The molecule has 0 aliphatic carbocycles. The van der Waals surface area contributed by atoms with Crippen molar-refractivity contribution in [1.29, 1.82) is 0 Å². The van der Waals surface area contributed by atoms with E-state index in [1.807, 2.05) is 10.6 Å². The minimum atomic E-state index is -1.47. The highest BCUT2D eigenvalue weighted by atomic mass is 16.5. The molecule has 0 bridgehead atoms. The first-order valence-corrected chi connectivity index (χ1v) is 6.98. The summed E-state index contributed by atoms with van der Waals surface area (Å²) in [5.74, 6) is -2.74. The highest BCUT2D eigenvalue weighted by Gasteiger charge is 2.31. The number of carbonyl (C=O) groups excluding carboxylic acids is 2. The Morgan fingerprint density at radius 1 is 1.32 bits per heavy atom. The second-order valence-corrected chi connectivity index (χ2v) is 5.38. The van der Waals surface area contributed by atoms with Gasteiger partial charge in [0.15, 0.2) is 0 Å². The second kappa shape index (κ2) is 4.98. The van der Waals surface area contributed by atoms with Crippen LogP contribution in [0.15, 0.2) is 18.2 Å². The van der Waals surface area contributed by atoms with E-state index >= 15 is 0 Å². The number of aromatic nitrogens is 1. The predicted molar refractivity (Wildman–Crippen MR) is 77.8 cm³/mol. The van der Waals surface area contributed by atoms with Crippen molar-refractivity contribution in [2.24, 2.45) is 0 Å². The number of rotatable bonds is 3. The third-order valence-corrected chi connectivity index (χ3v) is 4.06. The molecule has 6 heteroatoms. The molecule has 22 heavy (non-hydrogen) atoms. The number of carboxylic acid groups (broad SMARTS) is 1. The Balaban J connectivity index is 2.27. The van der Waals surface area contributed by atoms with E-state index in [0.717, 1.165) is 11.1 Å². The van der Waals surface area contributed by atoms with E-state index in [1.54, 1.807) is 19.1 Å². The fourth-order valence-electron chi connectivity index (χ4n) is 3.22. The molecular weight excluding hydrogens is 286 g/mol. The van der Waals surface area contributed by atoms with E-state index in [1.165, 1.54) is 6.92 Å². The van der Waals surface area contributed by atoms with Crippen molar-refractivity contribution in [2.45, 2.75) is 32.9 Å². The molecule has 0 radical (unpaired) electrons. The standard InChI is InChI=1S/C16H15NO5/c1-8-13(15(19)16(20)21)11-5-3-4-10-12(22-9(2)18)6-7-17(8)14(10)11/h3-5,12H,6-7H2,1-2H3,(H,20,21). The zero-order valence-corrected chi connectivity index (χ0v) is 12.3. The molecule has 1 aliphatic heterocycles. The van der Waals surface area contributed by atoms with Gasteiger partial charge in [0.25, 0.3) is 5.78 Å². The van der Waals surface area contributed by atoms with Crippen molar-refractivity contribution in [2.75, 3.05) is 0 Å². The summed E-state index contributed by atoms with van der Waals surface area (Å²) in [4.78, 5) is 34.3. The summed E-state index contributed by atoms with van der Waals surface area (Å²) in [5.41, 5.74) is 2.44. The molecule has 2 heterocycles. The molecule has 1 aromatic heterocycles. The fraction of sp³-hybridized carbons (Fsp3) is 0.312. The monoisotopic (exact) mass is 301 g/mol. The van der Waals surface area contributed by atoms with E-state index in [4.69, 9.17) is 9.84 Å². The molecule has 0 saturated heterocycles. The molecule has 1 N–H and O–H groups in total. The minimum Gasteiger partial charge on any atom is -0.475 e. The van der Waals surface area contributed by atoms with Crippen molar-refractivity contribution >= 4 is 28.6 Å². The van der Waals surface area contributed by atoms with Gasteiger partial charge in [-0.3, -0.25) is 9.59 Å². The third-order valence-electron chi connectivity index (χ3n) is 4.06. The summed E-state index contributed by atoms with van der Waals surface area (Å²) in [5, 5.41) is 9.63. The van der Waals surface area contributed by atoms with E-state index in [9.17, 15) is 14.4 Å². The molecule has 6 nitrogen and oxygen atoms in total. The predicted octanol–water partition coefficient (Wildman–Crippen LogP) is 2.22. The maximum atomic E-state index is 12.0. The number of hydrogen-bond donors (Lipinski definition) is 1. The van der Waals surface area contributed by atoms with Gasteiger partial charge in [0.05, 0.1) is 11.1 Å². The first kappa shape index (κ1) is 14.3. The molecule has 114 valence electrons. The number of ketones is 1. The summed E-state index contributed by atoms with van der Waals surface area (Å²) in [6.07, 6.45) is 0.234. The number of ether oxygens (including phenoxy) is 1. The number of carboxylic acids is 1. The Labute approximate surface area is 126 Å². The zero-order valence-electron chi connectivity index (χ0n) is 12.3. The van der Waals surface area contributed by atoms with Crippen LogP contribution < -0.4 is 0 Å². The maximum Gasteiger partial charge on any atom is 0.377 e. The van der Waals surface area contributed by atoms with Crippen LogP contribution in [0.2, 0.25) is 0 Å². The lowest BCUT2D eigenvalue weighted by molar-refractivity contribution is -0.147. The van der Waals surface area contributed by atoms with E-state index in [2.05, 4.69) is 0 Å². The topological polar surface area (TPSA) is 85.6 Å². The number of carbonyl (C=O) groups is 3. The van der Waals surface area contributed by atoms with Crippen molar-refractivity contribution < 1.29 is 24.2 Å². The molecule has 1 unspecified atom stereocenters. The van der Waals surface area contributed by atoms with Gasteiger partial charge < -0.3 is 14.4 Å². The second-order valence-electron chi connectivity index (χ2n) is 5.38. The quantitative estimate of drug-likeness (QED) is 0.534. The van der Waals surface area contributed by atoms with Gasteiger partial charge in [-0.25, -0.2) is 4.79 Å². The van der Waals surface area contributed by atoms with Crippen LogP contribution in [0.1, 0.15) is 41.1 Å². The Bertz CT molecular complexity index is 818. The number of Topliss-reactive ketones (excluding diaryl/α,β-unsaturated/α-hetero) is 1. The van der Waals surface area contributed by atoms with Gasteiger partial charge in [-0.15, -0.1) is 0 Å². The smallest absolute Gasteiger partial charge is 0.377 e. The van der Waals surface area contributed by atoms with Crippen molar-refractivity contribution in [3.8, 4) is 0 Å². The summed E-state index contributed by atoms with van der Waals surface area (Å²) in [6, 6.07) is 5.33. The summed E-state index contributed by atoms with van der Waals surface area (Å²) < 4.78 is 7.27. The number of esters is 1. The molecule has 1 aliphatic rings. The fourth-order valence-corrected chi connectivity index (χ4v) is 3.22. The van der Waals surface area contributed by atoms with Crippen LogP contribution >= 0.6 is 0 Å². The largest absolute Gasteiger partial charge is 0.475 e. The van der Waals surface area contributed by atoms with Gasteiger partial charge in [0, 0.05) is 36.5 Å². The van der Waals surface area contributed by atoms with Gasteiger partial charge in [0.1, 0.15) is 6.10 Å². The lowest BCUT2D eigenvalue weighted by atomic mass is 9.99. The molecular formula is C16H15NO5. The van der Waals surface area contributed by atoms with Crippen LogP contribution in [0.5, 0.6) is 0 Å². The molecule has 0 amide bonds. The van der Waals surface area contributed by atoms with Gasteiger partial charge in [-0.1, -0.05) is 18.2 Å². The lowest BCUT2D eigenvalue weighted by Crippen LogP contribution is -2.18. The Morgan fingerprint density at radius 3 is 2.68 bits per heavy atom. The first-order chi connectivity index (χ1) is 10.4. The molecule has 0 saturated carbocycles. The Kier molecular flexibility index (Phi) is 3.24. The third kappa shape index (κ3) is 1.99. The number of para-hydroxylation sites is 1. The summed E-state index contributed by atoms with van der Waals surface area (Å²) in [6.45, 7) is 3.68. The SMILES string of the molecule is CC(=O)OC1CCn2c(C)c(C(=O)C(=O)O)c3cccc1c32. The lowest BCUT2D eigenvalue weighted by Gasteiger charge is -2.25. The van der Waals surface area contributed by atoms with Crippen molar-refractivity contribution in [3.05, 3.63) is 35.0 Å². The molecule has 1 atom stereocenters. The van der Waals surface area contributed by atoms with Gasteiger partial charge in [-0.2, -0.15) is 0 Å². The average molecular weight is 301 g/mol. The van der Waals surface area contributed by atoms with Crippen LogP contribution in [0, 0.1) is 6.92 Å². The van der Waals surface area contributed by atoms with E-state index < -0.39 is 11.8 Å². The maximum absolute atomic E-state index is 12.0. The number of benzene rings is 1. The number of nitrogens with zero attached hydrogens (tertiary/aromatic N) is 1. The Morgan fingerprint density at radius 2 is 2.05 bits per heavy atom. The highest BCUT2D eigenvalue weighted by Crippen LogP contribution is 2.38. The molecule has 0 spiro atoms. The number of hydrogen-bond acceptors (Lipinski definition) is 4. The van der Waals surface area contributed by atoms with Crippen LogP contribution in [0.3, 0.4) is 0 Å². The average Bonchev–Trinajstić information content (AvgIpc) is 2.74.